The van der Waals surface area contributed by atoms with Gasteiger partial charge in [0.05, 0.1) is 24.7 Å². The van der Waals surface area contributed by atoms with Crippen LogP contribution in [0.4, 0.5) is 0 Å². The van der Waals surface area contributed by atoms with E-state index in [0.29, 0.717) is 24.3 Å². The molecule has 0 unspecified atom stereocenters. The lowest BCUT2D eigenvalue weighted by molar-refractivity contribution is 0.279. The SMILES string of the molecule is O=c1c2ccccc2cnn1CCOc1ccc(CO)cc1. The van der Waals surface area contributed by atoms with Crippen LogP contribution in [0.3, 0.4) is 0 Å². The van der Waals surface area contributed by atoms with Crippen molar-refractivity contribution >= 4 is 10.8 Å². The molecule has 0 aliphatic rings. The van der Waals surface area contributed by atoms with Crippen molar-refractivity contribution in [3.05, 3.63) is 70.6 Å². The van der Waals surface area contributed by atoms with Gasteiger partial charge >= 0.3 is 0 Å². The highest BCUT2D eigenvalue weighted by atomic mass is 16.5. The Balaban J connectivity index is 1.68. The van der Waals surface area contributed by atoms with Gasteiger partial charge in [-0.2, -0.15) is 5.10 Å². The lowest BCUT2D eigenvalue weighted by Gasteiger charge is -2.08. The van der Waals surface area contributed by atoms with Crippen LogP contribution in [0.5, 0.6) is 5.75 Å². The third-order valence-electron chi connectivity index (χ3n) is 3.44. The molecule has 112 valence electrons. The molecule has 0 saturated carbocycles. The first-order valence-electron chi connectivity index (χ1n) is 7.05. The maximum Gasteiger partial charge on any atom is 0.274 e. The molecular formula is C17H16N2O3. The Bertz CT molecular complexity index is 825. The molecule has 0 aliphatic heterocycles. The number of hydrogen-bond acceptors (Lipinski definition) is 4. The van der Waals surface area contributed by atoms with E-state index >= 15 is 0 Å². The molecule has 3 rings (SSSR count). The first-order chi connectivity index (χ1) is 10.8. The second-order valence-electron chi connectivity index (χ2n) is 4.91. The molecular weight excluding hydrogens is 280 g/mol. The molecule has 3 aromatic rings. The zero-order valence-corrected chi connectivity index (χ0v) is 12.0. The molecule has 1 aromatic heterocycles. The monoisotopic (exact) mass is 296 g/mol. The van der Waals surface area contributed by atoms with Crippen LogP contribution in [0.15, 0.2) is 59.5 Å². The average Bonchev–Trinajstić information content (AvgIpc) is 2.58. The van der Waals surface area contributed by atoms with E-state index in [1.54, 1.807) is 36.5 Å². The molecule has 0 fully saturated rings. The summed E-state index contributed by atoms with van der Waals surface area (Å²) in [6.07, 6.45) is 1.69. The maximum absolute atomic E-state index is 12.3. The molecule has 5 heteroatoms. The molecule has 0 spiro atoms. The van der Waals surface area contributed by atoms with Crippen LogP contribution in [0.2, 0.25) is 0 Å². The average molecular weight is 296 g/mol. The number of aromatic nitrogens is 2. The summed E-state index contributed by atoms with van der Waals surface area (Å²) in [4.78, 5) is 12.3. The molecule has 0 saturated heterocycles. The fourth-order valence-electron chi connectivity index (χ4n) is 2.23. The van der Waals surface area contributed by atoms with Gasteiger partial charge in [-0.3, -0.25) is 4.79 Å². The summed E-state index contributed by atoms with van der Waals surface area (Å²) in [5.74, 6) is 0.700. The Labute approximate surface area is 127 Å². The van der Waals surface area contributed by atoms with E-state index in [-0.39, 0.29) is 12.2 Å². The first kappa shape index (κ1) is 14.3. The van der Waals surface area contributed by atoms with E-state index in [0.717, 1.165) is 10.9 Å². The quantitative estimate of drug-likeness (QED) is 0.782. The van der Waals surface area contributed by atoms with Gasteiger partial charge in [0.25, 0.3) is 5.56 Å². The number of ether oxygens (including phenoxy) is 1. The van der Waals surface area contributed by atoms with Crippen LogP contribution >= 0.6 is 0 Å². The van der Waals surface area contributed by atoms with E-state index in [1.807, 2.05) is 18.2 Å². The topological polar surface area (TPSA) is 64.4 Å². The summed E-state index contributed by atoms with van der Waals surface area (Å²) in [5.41, 5.74) is 0.720. The molecule has 22 heavy (non-hydrogen) atoms. The minimum atomic E-state index is -0.114. The third kappa shape index (κ3) is 2.99. The molecule has 1 N–H and O–H groups in total. The highest BCUT2D eigenvalue weighted by molar-refractivity contribution is 5.80. The predicted octanol–water partition coefficient (Wildman–Crippen LogP) is 1.97. The zero-order valence-electron chi connectivity index (χ0n) is 12.0. The fourth-order valence-corrected chi connectivity index (χ4v) is 2.23. The normalized spacial score (nSPS) is 10.8. The highest BCUT2D eigenvalue weighted by Crippen LogP contribution is 2.12. The Kier molecular flexibility index (Phi) is 4.16. The van der Waals surface area contributed by atoms with E-state index < -0.39 is 0 Å². The zero-order chi connectivity index (χ0) is 15.4. The minimum Gasteiger partial charge on any atom is -0.492 e. The van der Waals surface area contributed by atoms with Gasteiger partial charge in [0, 0.05) is 5.39 Å². The van der Waals surface area contributed by atoms with Crippen LogP contribution < -0.4 is 10.3 Å². The molecule has 0 bridgehead atoms. The molecule has 0 atom stereocenters. The molecule has 2 aromatic carbocycles. The van der Waals surface area contributed by atoms with Gasteiger partial charge in [0.2, 0.25) is 0 Å². The van der Waals surface area contributed by atoms with Gasteiger partial charge in [-0.1, -0.05) is 30.3 Å². The maximum atomic E-state index is 12.3. The van der Waals surface area contributed by atoms with Crippen molar-refractivity contribution in [1.29, 1.82) is 0 Å². The summed E-state index contributed by atoms with van der Waals surface area (Å²) in [5, 5.41) is 14.6. The first-order valence-corrected chi connectivity index (χ1v) is 7.05. The van der Waals surface area contributed by atoms with Crippen LogP contribution in [0.1, 0.15) is 5.56 Å². The predicted molar refractivity (Wildman–Crippen MR) is 83.9 cm³/mol. The number of aliphatic hydroxyl groups excluding tert-OH is 1. The van der Waals surface area contributed by atoms with Crippen LogP contribution in [-0.2, 0) is 13.2 Å². The van der Waals surface area contributed by atoms with Gasteiger partial charge in [0.15, 0.2) is 0 Å². The van der Waals surface area contributed by atoms with Crippen LogP contribution in [-0.4, -0.2) is 21.5 Å². The second kappa shape index (κ2) is 6.41. The summed E-state index contributed by atoms with van der Waals surface area (Å²) >= 11 is 0. The summed E-state index contributed by atoms with van der Waals surface area (Å²) in [6.45, 7) is 0.742. The Hall–Kier alpha value is -2.66. The van der Waals surface area contributed by atoms with Crippen molar-refractivity contribution in [2.75, 3.05) is 6.61 Å². The van der Waals surface area contributed by atoms with E-state index in [4.69, 9.17) is 9.84 Å². The summed E-state index contributed by atoms with van der Waals surface area (Å²) in [7, 11) is 0. The third-order valence-corrected chi connectivity index (χ3v) is 3.44. The van der Waals surface area contributed by atoms with Crippen molar-refractivity contribution in [1.82, 2.24) is 9.78 Å². The number of benzene rings is 2. The van der Waals surface area contributed by atoms with Gasteiger partial charge in [-0.05, 0) is 23.8 Å². The number of aliphatic hydroxyl groups is 1. The summed E-state index contributed by atoms with van der Waals surface area (Å²) < 4.78 is 7.00. The van der Waals surface area contributed by atoms with Crippen LogP contribution in [0.25, 0.3) is 10.8 Å². The number of nitrogens with zero attached hydrogens (tertiary/aromatic N) is 2. The van der Waals surface area contributed by atoms with Crippen molar-refractivity contribution in [3.8, 4) is 5.75 Å². The van der Waals surface area contributed by atoms with Crippen molar-refractivity contribution in [3.63, 3.8) is 0 Å². The van der Waals surface area contributed by atoms with Crippen molar-refractivity contribution in [2.45, 2.75) is 13.2 Å². The van der Waals surface area contributed by atoms with E-state index in [1.165, 1.54) is 4.68 Å². The van der Waals surface area contributed by atoms with Gasteiger partial charge in [-0.15, -0.1) is 0 Å². The Morgan fingerprint density at radius 3 is 2.64 bits per heavy atom. The highest BCUT2D eigenvalue weighted by Gasteiger charge is 2.03. The lowest BCUT2D eigenvalue weighted by atomic mass is 10.2. The minimum absolute atomic E-state index is 0.0106. The smallest absolute Gasteiger partial charge is 0.274 e. The fraction of sp³-hybridized carbons (Fsp3) is 0.176. The molecule has 5 nitrogen and oxygen atoms in total. The lowest BCUT2D eigenvalue weighted by Crippen LogP contribution is -2.25. The largest absolute Gasteiger partial charge is 0.492 e. The number of fused-ring (bicyclic) bond motifs is 1. The van der Waals surface area contributed by atoms with Gasteiger partial charge < -0.3 is 9.84 Å². The van der Waals surface area contributed by atoms with Crippen molar-refractivity contribution in [2.24, 2.45) is 0 Å². The standard InChI is InChI=1S/C17H16N2O3/c20-12-13-5-7-15(8-6-13)22-10-9-19-17(21)16-4-2-1-3-14(16)11-18-19/h1-8,11,20H,9-10,12H2. The number of hydrogen-bond donors (Lipinski definition) is 1. The molecule has 0 radical (unpaired) electrons. The second-order valence-corrected chi connectivity index (χ2v) is 4.91. The molecule has 1 heterocycles. The summed E-state index contributed by atoms with van der Waals surface area (Å²) in [6, 6.07) is 14.6. The van der Waals surface area contributed by atoms with Crippen LogP contribution in [0, 0.1) is 0 Å². The van der Waals surface area contributed by atoms with Gasteiger partial charge in [0.1, 0.15) is 12.4 Å². The van der Waals surface area contributed by atoms with Crippen molar-refractivity contribution < 1.29 is 9.84 Å². The van der Waals surface area contributed by atoms with E-state index in [2.05, 4.69) is 5.10 Å². The molecule has 0 aliphatic carbocycles. The number of rotatable bonds is 5. The molecule has 0 amide bonds. The Morgan fingerprint density at radius 2 is 1.86 bits per heavy atom. The Morgan fingerprint density at radius 1 is 1.09 bits per heavy atom. The van der Waals surface area contributed by atoms with Gasteiger partial charge in [-0.25, -0.2) is 4.68 Å². The van der Waals surface area contributed by atoms with E-state index in [9.17, 15) is 4.79 Å².